The molecule has 0 spiro atoms. The second-order valence-electron chi connectivity index (χ2n) is 5.45. The van der Waals surface area contributed by atoms with Crippen LogP contribution in [0, 0.1) is 4.77 Å². The fourth-order valence-corrected chi connectivity index (χ4v) is 2.54. The van der Waals surface area contributed by atoms with Crippen molar-refractivity contribution in [1.29, 1.82) is 0 Å². The number of H-pyrrole nitrogens is 1. The van der Waals surface area contributed by atoms with Gasteiger partial charge in [0, 0.05) is 5.92 Å². The number of benzene rings is 1. The molecule has 0 atom stereocenters. The van der Waals surface area contributed by atoms with Crippen molar-refractivity contribution in [2.75, 3.05) is 0 Å². The third-order valence-corrected chi connectivity index (χ3v) is 3.72. The van der Waals surface area contributed by atoms with Crippen LogP contribution in [0.3, 0.4) is 0 Å². The van der Waals surface area contributed by atoms with Crippen LogP contribution in [0.2, 0.25) is 0 Å². The van der Waals surface area contributed by atoms with Gasteiger partial charge in [-0.1, -0.05) is 13.8 Å². The Balaban J connectivity index is 2.26. The highest BCUT2D eigenvalue weighted by molar-refractivity contribution is 9.10. The third-order valence-electron chi connectivity index (χ3n) is 2.83. The van der Waals surface area contributed by atoms with Crippen LogP contribution in [0.25, 0.3) is 0 Å². The summed E-state index contributed by atoms with van der Waals surface area (Å²) < 4.78 is 8.72. The van der Waals surface area contributed by atoms with Gasteiger partial charge >= 0.3 is 0 Å². The van der Waals surface area contributed by atoms with Crippen LogP contribution >= 0.6 is 28.1 Å². The molecule has 0 amide bonds. The van der Waals surface area contributed by atoms with E-state index in [1.165, 1.54) is 0 Å². The number of halogens is 1. The van der Waals surface area contributed by atoms with E-state index in [9.17, 15) is 0 Å². The molecule has 22 heavy (non-hydrogen) atoms. The van der Waals surface area contributed by atoms with Crippen LogP contribution in [0.15, 0.2) is 27.8 Å². The molecule has 5 nitrogen and oxygen atoms in total. The second-order valence-corrected chi connectivity index (χ2v) is 6.70. The largest absolute Gasteiger partial charge is 0.490 e. The van der Waals surface area contributed by atoms with Crippen molar-refractivity contribution in [3.05, 3.63) is 38.8 Å². The van der Waals surface area contributed by atoms with Gasteiger partial charge < -0.3 is 4.74 Å². The summed E-state index contributed by atoms with van der Waals surface area (Å²) in [6, 6.07) is 5.83. The minimum absolute atomic E-state index is 0.133. The Morgan fingerprint density at radius 2 is 2.09 bits per heavy atom. The lowest BCUT2D eigenvalue weighted by molar-refractivity contribution is 0.241. The predicted octanol–water partition coefficient (Wildman–Crippen LogP) is 4.50. The van der Waals surface area contributed by atoms with Gasteiger partial charge in [0.15, 0.2) is 5.82 Å². The summed E-state index contributed by atoms with van der Waals surface area (Å²) in [5.41, 5.74) is 0.945. The molecule has 0 aliphatic rings. The van der Waals surface area contributed by atoms with Crippen molar-refractivity contribution in [1.82, 2.24) is 14.9 Å². The van der Waals surface area contributed by atoms with Crippen LogP contribution in [0.5, 0.6) is 5.75 Å². The lowest BCUT2D eigenvalue weighted by atomic mass is 10.2. The molecule has 0 aliphatic carbocycles. The fourth-order valence-electron chi connectivity index (χ4n) is 1.86. The standard InChI is InChI=1S/C15H19BrN4OS/c1-9(2)14-18-19-15(22)20(14)17-8-11-5-6-13(12(16)7-11)21-10(3)4/h5-10H,1-4H3,(H,19,22)/b17-8-. The Bertz CT molecular complexity index is 733. The lowest BCUT2D eigenvalue weighted by Crippen LogP contribution is -2.06. The van der Waals surface area contributed by atoms with Crippen LogP contribution in [-0.2, 0) is 0 Å². The van der Waals surface area contributed by atoms with E-state index in [-0.39, 0.29) is 12.0 Å². The molecular formula is C15H19BrN4OS. The molecule has 1 aromatic carbocycles. The highest BCUT2D eigenvalue weighted by atomic mass is 79.9. The SMILES string of the molecule is CC(C)Oc1ccc(/C=N\n2c(C(C)C)n[nH]c2=S)cc1Br. The quantitative estimate of drug-likeness (QED) is 0.611. The van der Waals surface area contributed by atoms with Gasteiger partial charge in [0.1, 0.15) is 5.75 Å². The number of aromatic nitrogens is 3. The number of rotatable bonds is 5. The van der Waals surface area contributed by atoms with Crippen molar-refractivity contribution in [2.24, 2.45) is 5.10 Å². The topological polar surface area (TPSA) is 55.2 Å². The van der Waals surface area contributed by atoms with E-state index in [1.807, 2.05) is 45.9 Å². The third kappa shape index (κ3) is 4.04. The molecule has 2 rings (SSSR count). The van der Waals surface area contributed by atoms with E-state index in [0.29, 0.717) is 4.77 Å². The summed E-state index contributed by atoms with van der Waals surface area (Å²) in [5, 5.41) is 11.4. The monoisotopic (exact) mass is 382 g/mol. The van der Waals surface area contributed by atoms with Gasteiger partial charge in [-0.05, 0) is 65.8 Å². The highest BCUT2D eigenvalue weighted by Crippen LogP contribution is 2.26. The summed E-state index contributed by atoms with van der Waals surface area (Å²) in [6.45, 7) is 8.09. The number of hydrogen-bond acceptors (Lipinski definition) is 4. The first kappa shape index (κ1) is 16.9. The maximum Gasteiger partial charge on any atom is 0.216 e. The van der Waals surface area contributed by atoms with Crippen LogP contribution in [0.1, 0.15) is 45.0 Å². The number of ether oxygens (including phenoxy) is 1. The molecule has 0 aliphatic heterocycles. The Morgan fingerprint density at radius 3 is 2.68 bits per heavy atom. The van der Waals surface area contributed by atoms with Crippen molar-refractivity contribution < 1.29 is 4.74 Å². The zero-order chi connectivity index (χ0) is 16.3. The van der Waals surface area contributed by atoms with E-state index >= 15 is 0 Å². The number of aromatic amines is 1. The lowest BCUT2D eigenvalue weighted by Gasteiger charge is -2.11. The molecular weight excluding hydrogens is 364 g/mol. The van der Waals surface area contributed by atoms with Gasteiger partial charge in [0.2, 0.25) is 4.77 Å². The Hall–Kier alpha value is -1.47. The summed E-state index contributed by atoms with van der Waals surface area (Å²) >= 11 is 8.72. The van der Waals surface area contributed by atoms with Crippen molar-refractivity contribution in [2.45, 2.75) is 39.7 Å². The molecule has 7 heteroatoms. The van der Waals surface area contributed by atoms with E-state index in [4.69, 9.17) is 17.0 Å². The van der Waals surface area contributed by atoms with Crippen molar-refractivity contribution in [3.8, 4) is 5.75 Å². The van der Waals surface area contributed by atoms with E-state index < -0.39 is 0 Å². The molecule has 118 valence electrons. The van der Waals surface area contributed by atoms with E-state index in [2.05, 4.69) is 31.2 Å². The summed E-state index contributed by atoms with van der Waals surface area (Å²) in [7, 11) is 0. The van der Waals surface area contributed by atoms with Gasteiger partial charge in [0.25, 0.3) is 0 Å². The summed E-state index contributed by atoms with van der Waals surface area (Å²) in [6.07, 6.45) is 1.88. The smallest absolute Gasteiger partial charge is 0.216 e. The minimum atomic E-state index is 0.133. The normalized spacial score (nSPS) is 11.8. The first-order valence-corrected chi connectivity index (χ1v) is 8.26. The van der Waals surface area contributed by atoms with Crippen molar-refractivity contribution >= 4 is 34.4 Å². The molecule has 0 radical (unpaired) electrons. The van der Waals surface area contributed by atoms with E-state index in [1.54, 1.807) is 10.9 Å². The molecule has 2 aromatic rings. The number of nitrogens with one attached hydrogen (secondary N) is 1. The zero-order valence-electron chi connectivity index (χ0n) is 13.0. The van der Waals surface area contributed by atoms with Crippen LogP contribution in [-0.4, -0.2) is 27.2 Å². The first-order chi connectivity index (χ1) is 10.4. The molecule has 0 unspecified atom stereocenters. The first-order valence-electron chi connectivity index (χ1n) is 7.06. The molecule has 0 bridgehead atoms. The fraction of sp³-hybridized carbons (Fsp3) is 0.400. The van der Waals surface area contributed by atoms with Gasteiger partial charge in [-0.3, -0.25) is 5.10 Å². The van der Waals surface area contributed by atoms with Gasteiger partial charge in [0.05, 0.1) is 16.8 Å². The van der Waals surface area contributed by atoms with Crippen LogP contribution in [0.4, 0.5) is 0 Å². The number of nitrogens with zero attached hydrogens (tertiary/aromatic N) is 3. The van der Waals surface area contributed by atoms with Gasteiger partial charge in [-0.25, -0.2) is 0 Å². The molecule has 0 saturated carbocycles. The van der Waals surface area contributed by atoms with Crippen molar-refractivity contribution in [3.63, 3.8) is 0 Å². The minimum Gasteiger partial charge on any atom is -0.490 e. The molecule has 1 aromatic heterocycles. The Labute approximate surface area is 143 Å². The molecule has 0 saturated heterocycles. The number of hydrogen-bond donors (Lipinski definition) is 1. The Kier molecular flexibility index (Phi) is 5.52. The van der Waals surface area contributed by atoms with Gasteiger partial charge in [-0.2, -0.15) is 14.9 Å². The predicted molar refractivity (Wildman–Crippen MR) is 94.4 cm³/mol. The summed E-state index contributed by atoms with van der Waals surface area (Å²) in [4.78, 5) is 0. The highest BCUT2D eigenvalue weighted by Gasteiger charge is 2.09. The van der Waals surface area contributed by atoms with Crippen LogP contribution < -0.4 is 4.74 Å². The Morgan fingerprint density at radius 1 is 1.36 bits per heavy atom. The summed E-state index contributed by atoms with van der Waals surface area (Å²) in [5.74, 6) is 1.86. The maximum atomic E-state index is 5.69. The zero-order valence-corrected chi connectivity index (χ0v) is 15.4. The molecule has 1 N–H and O–H groups in total. The maximum absolute atomic E-state index is 5.69. The molecule has 0 fully saturated rings. The van der Waals surface area contributed by atoms with E-state index in [0.717, 1.165) is 21.6 Å². The average molecular weight is 383 g/mol. The van der Waals surface area contributed by atoms with Gasteiger partial charge in [-0.15, -0.1) is 0 Å². The second kappa shape index (κ2) is 7.19. The molecule has 1 heterocycles. The average Bonchev–Trinajstić information content (AvgIpc) is 2.80.